The van der Waals surface area contributed by atoms with Crippen molar-refractivity contribution in [3.05, 3.63) is 16.3 Å². The molecule has 7 nitrogen and oxygen atoms in total. The summed E-state index contributed by atoms with van der Waals surface area (Å²) in [6.07, 6.45) is 1.17. The van der Waals surface area contributed by atoms with E-state index in [0.717, 1.165) is 17.1 Å². The van der Waals surface area contributed by atoms with Crippen LogP contribution in [0.25, 0.3) is 0 Å². The number of aromatic nitrogens is 1. The molecule has 0 aromatic carbocycles. The Morgan fingerprint density at radius 1 is 1.71 bits per heavy atom. The molecule has 1 aliphatic rings. The number of anilines is 1. The fourth-order valence-electron chi connectivity index (χ4n) is 1.51. The van der Waals surface area contributed by atoms with Crippen molar-refractivity contribution in [3.63, 3.8) is 0 Å². The Balaban J connectivity index is 2.23. The van der Waals surface area contributed by atoms with Gasteiger partial charge in [0.15, 0.2) is 5.13 Å². The Morgan fingerprint density at radius 2 is 2.47 bits per heavy atom. The minimum Gasteiger partial charge on any atom is -0.480 e. The quantitative estimate of drug-likeness (QED) is 0.650. The number of nitrogens with zero attached hydrogens (tertiary/aromatic N) is 3. The number of thioether (sulfide) groups is 1. The number of rotatable bonds is 3. The standard InChI is InChI=1S/C8H9N3O4S2/c12-7(13)5-4-16-2-1-10(5)8-9-3-6(17-8)11(14)15/h3,5H,1-2,4H2,(H,12,13). The zero-order valence-corrected chi connectivity index (χ0v) is 10.2. The van der Waals surface area contributed by atoms with Crippen LogP contribution in [0.15, 0.2) is 6.20 Å². The first-order valence-electron chi connectivity index (χ1n) is 4.77. The number of carboxylic acids is 1. The van der Waals surface area contributed by atoms with E-state index in [2.05, 4.69) is 4.98 Å². The molecule has 0 bridgehead atoms. The van der Waals surface area contributed by atoms with Crippen molar-refractivity contribution in [2.24, 2.45) is 0 Å². The molecule has 0 radical (unpaired) electrons. The maximum atomic E-state index is 11.1. The van der Waals surface area contributed by atoms with Gasteiger partial charge >= 0.3 is 11.0 Å². The van der Waals surface area contributed by atoms with E-state index in [4.69, 9.17) is 5.11 Å². The van der Waals surface area contributed by atoms with Gasteiger partial charge in [-0.2, -0.15) is 11.8 Å². The van der Waals surface area contributed by atoms with Gasteiger partial charge in [0.05, 0.1) is 4.92 Å². The topological polar surface area (TPSA) is 96.6 Å². The summed E-state index contributed by atoms with van der Waals surface area (Å²) >= 11 is 2.48. The van der Waals surface area contributed by atoms with Crippen LogP contribution in [0.2, 0.25) is 0 Å². The van der Waals surface area contributed by atoms with E-state index in [0.29, 0.717) is 17.4 Å². The van der Waals surface area contributed by atoms with Crippen LogP contribution < -0.4 is 4.90 Å². The fourth-order valence-corrected chi connectivity index (χ4v) is 3.36. The molecule has 1 aromatic heterocycles. The highest BCUT2D eigenvalue weighted by molar-refractivity contribution is 7.99. The van der Waals surface area contributed by atoms with Crippen LogP contribution in [0, 0.1) is 10.1 Å². The number of hydrogen-bond acceptors (Lipinski definition) is 7. The molecule has 92 valence electrons. The molecule has 1 atom stereocenters. The monoisotopic (exact) mass is 275 g/mol. The SMILES string of the molecule is O=C(O)C1CSCCN1c1ncc([N+](=O)[O-])s1. The highest BCUT2D eigenvalue weighted by Crippen LogP contribution is 2.31. The van der Waals surface area contributed by atoms with E-state index >= 15 is 0 Å². The Kier molecular flexibility index (Phi) is 3.48. The lowest BCUT2D eigenvalue weighted by atomic mass is 10.3. The molecule has 9 heteroatoms. The lowest BCUT2D eigenvalue weighted by molar-refractivity contribution is -0.380. The molecule has 2 rings (SSSR count). The van der Waals surface area contributed by atoms with Gasteiger partial charge in [0.2, 0.25) is 0 Å². The van der Waals surface area contributed by atoms with Gasteiger partial charge in [0, 0.05) is 18.1 Å². The molecule has 1 aliphatic heterocycles. The zero-order valence-electron chi connectivity index (χ0n) is 8.61. The average molecular weight is 275 g/mol. The number of carboxylic acid groups (broad SMARTS) is 1. The Bertz CT molecular complexity index is 450. The Morgan fingerprint density at radius 3 is 3.06 bits per heavy atom. The number of aliphatic carboxylic acids is 1. The third-order valence-corrected chi connectivity index (χ3v) is 4.33. The predicted molar refractivity (Wildman–Crippen MR) is 64.9 cm³/mol. The van der Waals surface area contributed by atoms with Gasteiger partial charge in [0.25, 0.3) is 0 Å². The number of hydrogen-bond donors (Lipinski definition) is 1. The van der Waals surface area contributed by atoms with Crippen LogP contribution in [-0.4, -0.2) is 45.1 Å². The van der Waals surface area contributed by atoms with E-state index in [1.165, 1.54) is 6.20 Å². The van der Waals surface area contributed by atoms with Gasteiger partial charge in [-0.05, 0) is 11.3 Å². The van der Waals surface area contributed by atoms with Crippen LogP contribution >= 0.6 is 23.1 Å². The van der Waals surface area contributed by atoms with E-state index in [1.54, 1.807) is 16.7 Å². The summed E-state index contributed by atoms with van der Waals surface area (Å²) < 4.78 is 0. The maximum Gasteiger partial charge on any atom is 0.345 e. The van der Waals surface area contributed by atoms with Crippen LogP contribution in [0.3, 0.4) is 0 Å². The second kappa shape index (κ2) is 4.88. The smallest absolute Gasteiger partial charge is 0.345 e. The van der Waals surface area contributed by atoms with E-state index in [1.807, 2.05) is 0 Å². The zero-order chi connectivity index (χ0) is 12.4. The van der Waals surface area contributed by atoms with Crippen molar-refractivity contribution in [1.29, 1.82) is 0 Å². The minimum atomic E-state index is -0.921. The first kappa shape index (κ1) is 12.1. The van der Waals surface area contributed by atoms with Crippen molar-refractivity contribution in [2.75, 3.05) is 23.0 Å². The van der Waals surface area contributed by atoms with E-state index in [9.17, 15) is 14.9 Å². The molecule has 0 saturated carbocycles. The summed E-state index contributed by atoms with van der Waals surface area (Å²) in [5.74, 6) is 0.356. The lowest BCUT2D eigenvalue weighted by Crippen LogP contribution is -2.47. The molecule has 17 heavy (non-hydrogen) atoms. The lowest BCUT2D eigenvalue weighted by Gasteiger charge is -2.31. The fraction of sp³-hybridized carbons (Fsp3) is 0.500. The third kappa shape index (κ3) is 2.50. The van der Waals surface area contributed by atoms with Crippen LogP contribution in [0.5, 0.6) is 0 Å². The predicted octanol–water partition coefficient (Wildman–Crippen LogP) is 1.06. The van der Waals surface area contributed by atoms with Gasteiger partial charge in [-0.15, -0.1) is 0 Å². The molecule has 1 fully saturated rings. The third-order valence-electron chi connectivity index (χ3n) is 2.32. The van der Waals surface area contributed by atoms with Crippen molar-refractivity contribution in [1.82, 2.24) is 4.98 Å². The summed E-state index contributed by atoms with van der Waals surface area (Å²) in [6.45, 7) is 0.548. The highest BCUT2D eigenvalue weighted by Gasteiger charge is 2.31. The normalized spacial score (nSPS) is 20.2. The van der Waals surface area contributed by atoms with Gasteiger partial charge in [-0.1, -0.05) is 0 Å². The van der Waals surface area contributed by atoms with E-state index in [-0.39, 0.29) is 5.00 Å². The van der Waals surface area contributed by atoms with Crippen LogP contribution in [0.4, 0.5) is 10.1 Å². The molecule has 1 unspecified atom stereocenters. The molecule has 1 N–H and O–H groups in total. The Labute approximate surface area is 105 Å². The summed E-state index contributed by atoms with van der Waals surface area (Å²) in [6, 6.07) is -0.653. The summed E-state index contributed by atoms with van der Waals surface area (Å²) in [4.78, 5) is 26.6. The molecule has 0 amide bonds. The van der Waals surface area contributed by atoms with Gasteiger partial charge in [-0.3, -0.25) is 10.1 Å². The highest BCUT2D eigenvalue weighted by atomic mass is 32.2. The average Bonchev–Trinajstić information content (AvgIpc) is 2.78. The first-order chi connectivity index (χ1) is 8.09. The molecular weight excluding hydrogens is 266 g/mol. The number of nitro groups is 1. The molecule has 1 aromatic rings. The molecule has 0 aliphatic carbocycles. The van der Waals surface area contributed by atoms with Crippen molar-refractivity contribution < 1.29 is 14.8 Å². The van der Waals surface area contributed by atoms with Crippen molar-refractivity contribution in [2.45, 2.75) is 6.04 Å². The molecule has 2 heterocycles. The number of thiazole rings is 1. The summed E-state index contributed by atoms with van der Waals surface area (Å²) in [7, 11) is 0. The summed E-state index contributed by atoms with van der Waals surface area (Å²) in [5, 5.41) is 20.0. The van der Waals surface area contributed by atoms with Gasteiger partial charge < -0.3 is 10.0 Å². The second-order valence-corrected chi connectivity index (χ2v) is 5.50. The van der Waals surface area contributed by atoms with Crippen molar-refractivity contribution >= 4 is 39.2 Å². The van der Waals surface area contributed by atoms with Crippen LogP contribution in [0.1, 0.15) is 0 Å². The van der Waals surface area contributed by atoms with Crippen LogP contribution in [-0.2, 0) is 4.79 Å². The Hall–Kier alpha value is -1.35. The van der Waals surface area contributed by atoms with E-state index < -0.39 is 16.9 Å². The van der Waals surface area contributed by atoms with Gasteiger partial charge in [-0.25, -0.2) is 9.78 Å². The largest absolute Gasteiger partial charge is 0.480 e. The molecule has 1 saturated heterocycles. The molecule has 0 spiro atoms. The maximum absolute atomic E-state index is 11.1. The van der Waals surface area contributed by atoms with Crippen molar-refractivity contribution in [3.8, 4) is 0 Å². The minimum absolute atomic E-state index is 0.0673. The second-order valence-electron chi connectivity index (χ2n) is 3.36. The van der Waals surface area contributed by atoms with Gasteiger partial charge in [0.1, 0.15) is 12.2 Å². The first-order valence-corrected chi connectivity index (χ1v) is 6.74. The molecular formula is C8H9N3O4S2. The number of carbonyl (C=O) groups is 1. The summed E-state index contributed by atoms with van der Waals surface area (Å²) in [5.41, 5.74) is 0.